The number of ether oxygens (including phenoxy) is 2. The predicted molar refractivity (Wildman–Crippen MR) is 110 cm³/mol. The Labute approximate surface area is 185 Å². The van der Waals surface area contributed by atoms with Gasteiger partial charge in [-0.3, -0.25) is 9.59 Å². The van der Waals surface area contributed by atoms with Crippen molar-refractivity contribution in [3.05, 3.63) is 24.0 Å². The molecule has 1 aliphatic carbocycles. The third kappa shape index (κ3) is 6.11. The number of methoxy groups -OCH3 is 1. The zero-order chi connectivity index (χ0) is 23.1. The number of hydrogen-bond donors (Lipinski definition) is 1. The van der Waals surface area contributed by atoms with Crippen LogP contribution < -0.4 is 10.1 Å². The number of pyridine rings is 1. The Balaban J connectivity index is 1.56. The van der Waals surface area contributed by atoms with Crippen LogP contribution in [0.3, 0.4) is 0 Å². The minimum atomic E-state index is -4.19. The summed E-state index contributed by atoms with van der Waals surface area (Å²) >= 11 is 0. The summed E-state index contributed by atoms with van der Waals surface area (Å²) in [5.74, 6) is -1.80. The van der Waals surface area contributed by atoms with Crippen molar-refractivity contribution in [3.8, 4) is 5.75 Å². The average Bonchev–Trinajstić information content (AvgIpc) is 3.25. The summed E-state index contributed by atoms with van der Waals surface area (Å²) in [7, 11) is 1.54. The van der Waals surface area contributed by atoms with Crippen LogP contribution in [0, 0.1) is 11.8 Å². The smallest absolute Gasteiger partial charge is 0.391 e. The van der Waals surface area contributed by atoms with Gasteiger partial charge in [-0.25, -0.2) is 4.98 Å². The Morgan fingerprint density at radius 3 is 2.66 bits per heavy atom. The van der Waals surface area contributed by atoms with Gasteiger partial charge in [0, 0.05) is 32.3 Å². The van der Waals surface area contributed by atoms with E-state index in [1.165, 1.54) is 13.3 Å². The first-order valence-corrected chi connectivity index (χ1v) is 11.0. The van der Waals surface area contributed by atoms with Crippen LogP contribution in [0.4, 0.5) is 13.2 Å². The third-order valence-electron chi connectivity index (χ3n) is 6.21. The third-order valence-corrected chi connectivity index (χ3v) is 6.21. The molecule has 1 aromatic rings. The van der Waals surface area contributed by atoms with E-state index in [1.807, 2.05) is 0 Å². The standard InChI is InChI=1S/C22H30F3N3O4/c1-31-13-11-27-20(29)19-18(5-2-10-26-19)32-14-17-4-3-12-28(17)21(30)15-6-8-16(9-7-15)22(23,24)25/h2,5,10,15-17H,3-4,6-9,11-14H2,1H3,(H,27,29)/t15-,16-,17-/m1/s1. The van der Waals surface area contributed by atoms with Crippen LogP contribution >= 0.6 is 0 Å². The van der Waals surface area contributed by atoms with Gasteiger partial charge < -0.3 is 19.7 Å². The molecule has 0 aromatic carbocycles. The van der Waals surface area contributed by atoms with E-state index in [0.29, 0.717) is 25.4 Å². The number of alkyl halides is 3. The molecule has 2 fully saturated rings. The number of carbonyl (C=O) groups excluding carboxylic acids is 2. The Morgan fingerprint density at radius 2 is 1.97 bits per heavy atom. The molecular weight excluding hydrogens is 427 g/mol. The summed E-state index contributed by atoms with van der Waals surface area (Å²) in [6, 6.07) is 3.14. The largest absolute Gasteiger partial charge is 0.489 e. The van der Waals surface area contributed by atoms with Gasteiger partial charge in [0.25, 0.3) is 5.91 Å². The molecule has 1 aliphatic heterocycles. The lowest BCUT2D eigenvalue weighted by atomic mass is 9.81. The van der Waals surface area contributed by atoms with Gasteiger partial charge in [0.1, 0.15) is 6.61 Å². The number of carbonyl (C=O) groups is 2. The molecule has 1 N–H and O–H groups in total. The van der Waals surface area contributed by atoms with E-state index in [4.69, 9.17) is 9.47 Å². The van der Waals surface area contributed by atoms with Crippen molar-refractivity contribution in [1.82, 2.24) is 15.2 Å². The van der Waals surface area contributed by atoms with Crippen LogP contribution in [0.15, 0.2) is 18.3 Å². The van der Waals surface area contributed by atoms with E-state index < -0.39 is 12.1 Å². The van der Waals surface area contributed by atoms with E-state index >= 15 is 0 Å². The minimum Gasteiger partial charge on any atom is -0.489 e. The van der Waals surface area contributed by atoms with Gasteiger partial charge >= 0.3 is 6.18 Å². The van der Waals surface area contributed by atoms with Gasteiger partial charge in [-0.05, 0) is 50.7 Å². The Kier molecular flexibility index (Phi) is 8.33. The molecule has 178 valence electrons. The first kappa shape index (κ1) is 24.3. The zero-order valence-corrected chi connectivity index (χ0v) is 18.2. The summed E-state index contributed by atoms with van der Waals surface area (Å²) in [5.41, 5.74) is 0.157. The van der Waals surface area contributed by atoms with Gasteiger partial charge in [-0.1, -0.05) is 0 Å². The van der Waals surface area contributed by atoms with Gasteiger partial charge in [0.2, 0.25) is 5.91 Å². The number of nitrogens with zero attached hydrogens (tertiary/aromatic N) is 2. The summed E-state index contributed by atoms with van der Waals surface area (Å²) in [6.07, 6.45) is -0.578. The molecule has 10 heteroatoms. The number of hydrogen-bond acceptors (Lipinski definition) is 5. The van der Waals surface area contributed by atoms with Crippen LogP contribution in [-0.2, 0) is 9.53 Å². The van der Waals surface area contributed by atoms with Crippen LogP contribution in [-0.4, -0.2) is 67.3 Å². The molecule has 32 heavy (non-hydrogen) atoms. The molecule has 1 aromatic heterocycles. The number of halogens is 3. The number of likely N-dealkylation sites (tertiary alicyclic amines) is 1. The van der Waals surface area contributed by atoms with Crippen molar-refractivity contribution in [3.63, 3.8) is 0 Å². The molecule has 0 unspecified atom stereocenters. The van der Waals surface area contributed by atoms with Crippen molar-refractivity contribution in [1.29, 1.82) is 0 Å². The van der Waals surface area contributed by atoms with Crippen molar-refractivity contribution in [2.24, 2.45) is 11.8 Å². The predicted octanol–water partition coefficient (Wildman–Crippen LogP) is 3.20. The van der Waals surface area contributed by atoms with Crippen molar-refractivity contribution in [2.45, 2.75) is 50.7 Å². The SMILES string of the molecule is COCCNC(=O)c1ncccc1OC[C@H]1CCCN1C(=O)[C@H]1CC[C@H](C(F)(F)F)CC1. The molecule has 1 atom stereocenters. The van der Waals surface area contributed by atoms with E-state index in [0.717, 1.165) is 12.8 Å². The van der Waals surface area contributed by atoms with Crippen LogP contribution in [0.25, 0.3) is 0 Å². The summed E-state index contributed by atoms with van der Waals surface area (Å²) in [6.45, 7) is 1.49. The highest BCUT2D eigenvalue weighted by Crippen LogP contribution is 2.40. The summed E-state index contributed by atoms with van der Waals surface area (Å²) in [4.78, 5) is 31.2. The molecule has 0 spiro atoms. The van der Waals surface area contributed by atoms with Gasteiger partial charge in [0.05, 0.1) is 18.6 Å². The highest BCUT2D eigenvalue weighted by Gasteiger charge is 2.44. The highest BCUT2D eigenvalue weighted by molar-refractivity contribution is 5.94. The molecule has 0 radical (unpaired) electrons. The van der Waals surface area contributed by atoms with Gasteiger partial charge in [-0.15, -0.1) is 0 Å². The Morgan fingerprint density at radius 1 is 1.22 bits per heavy atom. The summed E-state index contributed by atoms with van der Waals surface area (Å²) in [5, 5.41) is 2.70. The lowest BCUT2D eigenvalue weighted by Gasteiger charge is -2.33. The Hall–Kier alpha value is -2.36. The van der Waals surface area contributed by atoms with Crippen LogP contribution in [0.2, 0.25) is 0 Å². The maximum atomic E-state index is 13.0. The van der Waals surface area contributed by atoms with E-state index in [-0.39, 0.29) is 61.8 Å². The van der Waals surface area contributed by atoms with Gasteiger partial charge in [-0.2, -0.15) is 13.2 Å². The number of nitrogens with one attached hydrogen (secondary N) is 1. The molecule has 7 nitrogen and oxygen atoms in total. The molecule has 2 aliphatic rings. The lowest BCUT2D eigenvalue weighted by Crippen LogP contribution is -2.44. The van der Waals surface area contributed by atoms with Gasteiger partial charge in [0.15, 0.2) is 11.4 Å². The fourth-order valence-corrected chi connectivity index (χ4v) is 4.42. The van der Waals surface area contributed by atoms with Crippen LogP contribution in [0.1, 0.15) is 49.0 Å². The molecule has 3 rings (SSSR count). The quantitative estimate of drug-likeness (QED) is 0.607. The average molecular weight is 457 g/mol. The molecule has 2 amide bonds. The van der Waals surface area contributed by atoms with E-state index in [9.17, 15) is 22.8 Å². The molecule has 0 bridgehead atoms. The Bertz CT molecular complexity index is 782. The van der Waals surface area contributed by atoms with Crippen molar-refractivity contribution in [2.75, 3.05) is 33.4 Å². The van der Waals surface area contributed by atoms with Crippen LogP contribution in [0.5, 0.6) is 5.75 Å². The number of rotatable bonds is 8. The highest BCUT2D eigenvalue weighted by atomic mass is 19.4. The fraction of sp³-hybridized carbons (Fsp3) is 0.682. The number of amides is 2. The zero-order valence-electron chi connectivity index (χ0n) is 18.2. The van der Waals surface area contributed by atoms with Crippen molar-refractivity contribution >= 4 is 11.8 Å². The first-order chi connectivity index (χ1) is 15.3. The summed E-state index contributed by atoms with van der Waals surface area (Å²) < 4.78 is 49.6. The second-order valence-corrected chi connectivity index (χ2v) is 8.33. The molecule has 2 heterocycles. The van der Waals surface area contributed by atoms with E-state index in [2.05, 4.69) is 10.3 Å². The monoisotopic (exact) mass is 457 g/mol. The molecule has 1 saturated heterocycles. The lowest BCUT2D eigenvalue weighted by molar-refractivity contribution is -0.185. The molecular formula is C22H30F3N3O4. The maximum absolute atomic E-state index is 13.0. The normalized spacial score (nSPS) is 23.8. The van der Waals surface area contributed by atoms with E-state index in [1.54, 1.807) is 17.0 Å². The second kappa shape index (κ2) is 11.0. The maximum Gasteiger partial charge on any atom is 0.391 e. The van der Waals surface area contributed by atoms with Crippen molar-refractivity contribution < 1.29 is 32.2 Å². The first-order valence-electron chi connectivity index (χ1n) is 11.0. The minimum absolute atomic E-state index is 0.00609. The second-order valence-electron chi connectivity index (χ2n) is 8.33. The molecule has 1 saturated carbocycles. The number of aromatic nitrogens is 1. The topological polar surface area (TPSA) is 80.8 Å². The fourth-order valence-electron chi connectivity index (χ4n) is 4.42.